The number of amides is 1. The van der Waals surface area contributed by atoms with Crippen LogP contribution in [0.1, 0.15) is 29.8 Å². The second kappa shape index (κ2) is 11.7. The highest BCUT2D eigenvalue weighted by Crippen LogP contribution is 2.34. The molecule has 10 nitrogen and oxygen atoms in total. The van der Waals surface area contributed by atoms with Gasteiger partial charge in [-0.25, -0.2) is 8.42 Å². The number of nitrogens with one attached hydrogen (secondary N) is 1. The summed E-state index contributed by atoms with van der Waals surface area (Å²) in [5, 5.41) is 11.6. The summed E-state index contributed by atoms with van der Waals surface area (Å²) in [5.41, 5.74) is 1.56. The Morgan fingerprint density at radius 3 is 2.67 bits per heavy atom. The molecule has 1 amide bonds. The van der Waals surface area contributed by atoms with Crippen molar-refractivity contribution >= 4 is 33.0 Å². The van der Waals surface area contributed by atoms with Crippen LogP contribution < -0.4 is 18.9 Å². The first-order valence-corrected chi connectivity index (χ1v) is 15.4. The van der Waals surface area contributed by atoms with Crippen LogP contribution in [0.2, 0.25) is 0 Å². The van der Waals surface area contributed by atoms with E-state index >= 15 is 0 Å². The molecule has 0 saturated carbocycles. The summed E-state index contributed by atoms with van der Waals surface area (Å²) in [6, 6.07) is 13.4. The maximum Gasteiger partial charge on any atom is 0.271 e. The fourth-order valence-corrected chi connectivity index (χ4v) is 6.89. The highest BCUT2D eigenvalue weighted by Gasteiger charge is 2.34. The van der Waals surface area contributed by atoms with Gasteiger partial charge in [-0.15, -0.1) is 11.3 Å². The van der Waals surface area contributed by atoms with Crippen molar-refractivity contribution in [3.8, 4) is 17.2 Å². The van der Waals surface area contributed by atoms with Crippen LogP contribution in [0.15, 0.2) is 58.1 Å². The topological polar surface area (TPSA) is 118 Å². The summed E-state index contributed by atoms with van der Waals surface area (Å²) in [6.45, 7) is 5.42. The number of carbonyl (C=O) groups is 1. The highest BCUT2D eigenvalue weighted by molar-refractivity contribution is 7.94. The van der Waals surface area contributed by atoms with Crippen molar-refractivity contribution in [3.63, 3.8) is 0 Å². The van der Waals surface area contributed by atoms with Gasteiger partial charge in [-0.2, -0.15) is 0 Å². The van der Waals surface area contributed by atoms with Gasteiger partial charge in [-0.05, 0) is 61.3 Å². The monoisotopic (exact) mass is 587 g/mol. The molecular weight excluding hydrogens is 554 g/mol. The number of hydrogen-bond acceptors (Lipinski definition) is 9. The van der Waals surface area contributed by atoms with E-state index in [0.29, 0.717) is 25.4 Å². The van der Waals surface area contributed by atoms with Crippen molar-refractivity contribution in [1.29, 1.82) is 0 Å². The van der Waals surface area contributed by atoms with Gasteiger partial charge in [0.2, 0.25) is 6.79 Å². The lowest BCUT2D eigenvalue weighted by molar-refractivity contribution is 0.0341. The van der Waals surface area contributed by atoms with Gasteiger partial charge in [-0.1, -0.05) is 19.1 Å². The third-order valence-corrected chi connectivity index (χ3v) is 9.84. The Kier molecular flexibility index (Phi) is 8.22. The number of sulfonamides is 1. The predicted molar refractivity (Wildman–Crippen MR) is 152 cm³/mol. The molecular formula is C28H33N3O7S2. The molecule has 0 radical (unpaired) electrons. The third kappa shape index (κ3) is 6.04. The summed E-state index contributed by atoms with van der Waals surface area (Å²) in [6.07, 6.45) is -0.284. The lowest BCUT2D eigenvalue weighted by Crippen LogP contribution is -2.49. The van der Waals surface area contributed by atoms with Gasteiger partial charge in [0.15, 0.2) is 11.5 Å². The number of nitrogens with zero attached hydrogens (tertiary/aromatic N) is 2. The second-order valence-electron chi connectivity index (χ2n) is 10.3. The number of thiophene rings is 1. The molecule has 5 rings (SSSR count). The molecule has 214 valence electrons. The number of fused-ring (bicyclic) bond motifs is 2. The predicted octanol–water partition coefficient (Wildman–Crippen LogP) is 3.63. The minimum absolute atomic E-state index is 0.0534. The van der Waals surface area contributed by atoms with Crippen molar-refractivity contribution in [1.82, 2.24) is 9.80 Å². The summed E-state index contributed by atoms with van der Waals surface area (Å²) >= 11 is 1.11. The van der Waals surface area contributed by atoms with Gasteiger partial charge >= 0.3 is 0 Å². The normalized spacial score (nSPS) is 19.5. The zero-order chi connectivity index (χ0) is 28.4. The number of ether oxygens (including phenoxy) is 3. The van der Waals surface area contributed by atoms with Crippen LogP contribution in [0, 0.1) is 5.92 Å². The zero-order valence-corrected chi connectivity index (χ0v) is 24.2. The molecule has 0 spiro atoms. The van der Waals surface area contributed by atoms with Crippen LogP contribution in [-0.2, 0) is 16.6 Å². The van der Waals surface area contributed by atoms with E-state index in [-0.39, 0.29) is 46.8 Å². The number of rotatable bonds is 9. The summed E-state index contributed by atoms with van der Waals surface area (Å²) in [4.78, 5) is 17.4. The van der Waals surface area contributed by atoms with Crippen molar-refractivity contribution < 1.29 is 32.5 Å². The first-order chi connectivity index (χ1) is 19.1. The molecule has 2 aromatic carbocycles. The zero-order valence-electron chi connectivity index (χ0n) is 22.6. The van der Waals surface area contributed by atoms with E-state index < -0.39 is 16.1 Å². The van der Waals surface area contributed by atoms with Crippen LogP contribution in [0.4, 0.5) is 5.69 Å². The lowest BCUT2D eigenvalue weighted by atomic mass is 9.99. The molecule has 2 N–H and O–H groups in total. The van der Waals surface area contributed by atoms with Gasteiger partial charge < -0.3 is 24.2 Å². The van der Waals surface area contributed by atoms with Crippen molar-refractivity contribution in [2.75, 3.05) is 38.3 Å². The highest BCUT2D eigenvalue weighted by atomic mass is 32.2. The Hall–Kier alpha value is -3.32. The smallest absolute Gasteiger partial charge is 0.271 e. The number of carbonyl (C=O) groups excluding carboxylic acids is 1. The number of aliphatic hydroxyl groups excluding tert-OH is 1. The van der Waals surface area contributed by atoms with Gasteiger partial charge in [0.1, 0.15) is 16.1 Å². The largest absolute Gasteiger partial charge is 0.488 e. The van der Waals surface area contributed by atoms with Crippen LogP contribution in [0.3, 0.4) is 0 Å². The van der Waals surface area contributed by atoms with E-state index in [9.17, 15) is 18.3 Å². The summed E-state index contributed by atoms with van der Waals surface area (Å²) in [7, 11) is -1.79. The first kappa shape index (κ1) is 28.2. The Bertz CT molecular complexity index is 1460. The molecule has 0 aliphatic carbocycles. The Morgan fingerprint density at radius 1 is 1.15 bits per heavy atom. The lowest BCUT2D eigenvalue weighted by Gasteiger charge is -2.38. The number of anilines is 1. The number of hydrogen-bond donors (Lipinski definition) is 2. The van der Waals surface area contributed by atoms with Crippen molar-refractivity contribution in [2.24, 2.45) is 5.92 Å². The Balaban J connectivity index is 1.40. The molecule has 2 aliphatic rings. The van der Waals surface area contributed by atoms with Crippen LogP contribution in [-0.4, -0.2) is 74.9 Å². The van der Waals surface area contributed by atoms with Crippen LogP contribution in [0.5, 0.6) is 17.2 Å². The molecule has 0 saturated heterocycles. The molecule has 1 aromatic heterocycles. The van der Waals surface area contributed by atoms with Crippen LogP contribution >= 0.6 is 11.3 Å². The standard InChI is InChI=1S/C28H33N3O7S2/c1-18-13-31(19(2)16-32)28(33)22-12-21(29-40(34,35)27-5-4-10-39-27)7-9-23(22)38-26(18)15-30(3)14-20-6-8-24-25(11-20)37-17-36-24/h4-12,18-19,26,29,32H,13-17H2,1-3H3/t18-,19+,26-/m1/s1. The van der Waals surface area contributed by atoms with E-state index in [4.69, 9.17) is 14.2 Å². The molecule has 0 bridgehead atoms. The molecule has 0 unspecified atom stereocenters. The molecule has 3 aromatic rings. The molecule has 12 heteroatoms. The van der Waals surface area contributed by atoms with Crippen LogP contribution in [0.25, 0.3) is 0 Å². The summed E-state index contributed by atoms with van der Waals surface area (Å²) < 4.78 is 45.7. The van der Waals surface area contributed by atoms with Crippen molar-refractivity contribution in [3.05, 3.63) is 65.0 Å². The SMILES string of the molecule is C[C@@H]1CN([C@@H](C)CO)C(=O)c2cc(NS(=O)(=O)c3cccs3)ccc2O[C@@H]1CN(C)Cc1ccc2c(c1)OCO2. The molecule has 40 heavy (non-hydrogen) atoms. The fourth-order valence-electron chi connectivity index (χ4n) is 4.85. The van der Waals surface area contributed by atoms with E-state index in [1.54, 1.807) is 35.4 Å². The first-order valence-electron chi connectivity index (χ1n) is 13.0. The van der Waals surface area contributed by atoms with E-state index in [2.05, 4.69) is 9.62 Å². The average molecular weight is 588 g/mol. The van der Waals surface area contributed by atoms with Gasteiger partial charge in [0, 0.05) is 31.2 Å². The summed E-state index contributed by atoms with van der Waals surface area (Å²) in [5.74, 6) is 1.45. The molecule has 0 fully saturated rings. The van der Waals surface area contributed by atoms with Gasteiger partial charge in [0.05, 0.1) is 18.2 Å². The second-order valence-corrected chi connectivity index (χ2v) is 13.1. The number of benzene rings is 2. The Labute approximate surface area is 238 Å². The maximum absolute atomic E-state index is 13.7. The maximum atomic E-state index is 13.7. The van der Waals surface area contributed by atoms with Gasteiger partial charge in [-0.3, -0.25) is 14.4 Å². The average Bonchev–Trinajstić information content (AvgIpc) is 3.63. The minimum atomic E-state index is -3.79. The Morgan fingerprint density at radius 2 is 1.93 bits per heavy atom. The van der Waals surface area contributed by atoms with Gasteiger partial charge in [0.25, 0.3) is 15.9 Å². The molecule has 3 atom stereocenters. The fraction of sp³-hybridized carbons (Fsp3) is 0.393. The number of aliphatic hydroxyl groups is 1. The quantitative estimate of drug-likeness (QED) is 0.390. The minimum Gasteiger partial charge on any atom is -0.488 e. The third-order valence-electron chi connectivity index (χ3n) is 7.06. The molecule has 2 aliphatic heterocycles. The molecule has 3 heterocycles. The van der Waals surface area contributed by atoms with E-state index in [1.807, 2.05) is 32.2 Å². The van der Waals surface area contributed by atoms with E-state index in [1.165, 1.54) is 12.1 Å². The van der Waals surface area contributed by atoms with Crippen molar-refractivity contribution in [2.45, 2.75) is 36.7 Å². The number of likely N-dealkylation sites (N-methyl/N-ethyl adjacent to an activating group) is 1. The van der Waals surface area contributed by atoms with E-state index in [0.717, 1.165) is 28.4 Å².